The van der Waals surface area contributed by atoms with Gasteiger partial charge in [-0.3, -0.25) is 14.6 Å². The monoisotopic (exact) mass is 423 g/mol. The number of ether oxygens (including phenoxy) is 1. The van der Waals surface area contributed by atoms with Crippen LogP contribution in [-0.4, -0.2) is 65.4 Å². The molecule has 1 aromatic heterocycles. The van der Waals surface area contributed by atoms with E-state index >= 15 is 0 Å². The molecule has 1 atom stereocenters. The Kier molecular flexibility index (Phi) is 7.41. The van der Waals surface area contributed by atoms with E-state index in [-0.39, 0.29) is 11.3 Å². The van der Waals surface area contributed by atoms with Crippen molar-refractivity contribution in [2.45, 2.75) is 25.8 Å². The van der Waals surface area contributed by atoms with Crippen molar-refractivity contribution in [1.29, 1.82) is 0 Å². The van der Waals surface area contributed by atoms with E-state index in [0.717, 1.165) is 18.4 Å². The van der Waals surface area contributed by atoms with Gasteiger partial charge in [-0.1, -0.05) is 13.3 Å². The van der Waals surface area contributed by atoms with Gasteiger partial charge in [-0.25, -0.2) is 0 Å². The van der Waals surface area contributed by atoms with E-state index in [1.54, 1.807) is 48.8 Å². The molecule has 0 saturated carbocycles. The summed E-state index contributed by atoms with van der Waals surface area (Å²) in [6.45, 7) is 3.68. The van der Waals surface area contributed by atoms with Gasteiger partial charge in [0.25, 0.3) is 11.7 Å². The number of aliphatic hydroxyl groups is 1. The van der Waals surface area contributed by atoms with Crippen LogP contribution in [-0.2, 0) is 9.59 Å². The van der Waals surface area contributed by atoms with Crippen LogP contribution in [0.25, 0.3) is 5.76 Å². The van der Waals surface area contributed by atoms with Crippen molar-refractivity contribution in [3.8, 4) is 5.75 Å². The second kappa shape index (κ2) is 10.2. The van der Waals surface area contributed by atoms with Crippen LogP contribution in [0.1, 0.15) is 36.9 Å². The molecule has 1 N–H and O–H groups in total. The number of hydrogen-bond donors (Lipinski definition) is 1. The molecule has 0 spiro atoms. The molecule has 1 fully saturated rings. The first kappa shape index (κ1) is 22.5. The summed E-state index contributed by atoms with van der Waals surface area (Å²) in [6.07, 6.45) is 5.24. The number of likely N-dealkylation sites (tertiary alicyclic amines) is 1. The van der Waals surface area contributed by atoms with Gasteiger partial charge in [-0.05, 0) is 62.5 Å². The molecule has 1 aliphatic rings. The lowest BCUT2D eigenvalue weighted by atomic mass is 9.96. The topological polar surface area (TPSA) is 83.0 Å². The molecule has 2 aromatic rings. The van der Waals surface area contributed by atoms with Gasteiger partial charge < -0.3 is 19.6 Å². The van der Waals surface area contributed by atoms with E-state index in [4.69, 9.17) is 4.74 Å². The van der Waals surface area contributed by atoms with Crippen LogP contribution in [0.3, 0.4) is 0 Å². The maximum absolute atomic E-state index is 12.9. The largest absolute Gasteiger partial charge is 0.507 e. The van der Waals surface area contributed by atoms with E-state index in [1.165, 1.54) is 4.90 Å². The van der Waals surface area contributed by atoms with Crippen LogP contribution < -0.4 is 4.74 Å². The minimum absolute atomic E-state index is 0.0922. The molecular weight excluding hydrogens is 394 g/mol. The zero-order valence-electron chi connectivity index (χ0n) is 18.2. The maximum atomic E-state index is 12.9. The predicted octanol–water partition coefficient (Wildman–Crippen LogP) is 3.24. The number of amides is 1. The molecular formula is C24H29N3O4. The molecule has 7 heteroatoms. The fourth-order valence-corrected chi connectivity index (χ4v) is 3.51. The van der Waals surface area contributed by atoms with Crippen LogP contribution in [0.2, 0.25) is 0 Å². The number of nitrogens with zero attached hydrogens (tertiary/aromatic N) is 3. The Hall–Kier alpha value is -3.19. The van der Waals surface area contributed by atoms with Crippen molar-refractivity contribution in [2.75, 3.05) is 33.8 Å². The van der Waals surface area contributed by atoms with Gasteiger partial charge in [0.1, 0.15) is 11.5 Å². The van der Waals surface area contributed by atoms with E-state index in [1.807, 2.05) is 19.0 Å². The van der Waals surface area contributed by atoms with Gasteiger partial charge in [-0.15, -0.1) is 0 Å². The second-order valence-electron chi connectivity index (χ2n) is 7.80. The van der Waals surface area contributed by atoms with Gasteiger partial charge in [-0.2, -0.15) is 0 Å². The molecule has 3 rings (SSSR count). The van der Waals surface area contributed by atoms with Crippen molar-refractivity contribution < 1.29 is 19.4 Å². The third-order valence-electron chi connectivity index (χ3n) is 5.24. The summed E-state index contributed by atoms with van der Waals surface area (Å²) in [5, 5.41) is 11.1. The number of aliphatic hydroxyl groups excluding tert-OH is 1. The summed E-state index contributed by atoms with van der Waals surface area (Å²) in [4.78, 5) is 33.3. The number of carbonyl (C=O) groups is 2. The number of ketones is 1. The van der Waals surface area contributed by atoms with Crippen molar-refractivity contribution in [3.63, 3.8) is 0 Å². The number of pyridine rings is 1. The average Bonchev–Trinajstić information content (AvgIpc) is 3.03. The fourth-order valence-electron chi connectivity index (χ4n) is 3.51. The summed E-state index contributed by atoms with van der Waals surface area (Å²) < 4.78 is 5.67. The lowest BCUT2D eigenvalue weighted by Crippen LogP contribution is -2.35. The smallest absolute Gasteiger partial charge is 0.295 e. The number of aromatic nitrogens is 1. The number of carbonyl (C=O) groups excluding carboxylic acids is 2. The van der Waals surface area contributed by atoms with Gasteiger partial charge >= 0.3 is 0 Å². The molecule has 0 radical (unpaired) electrons. The highest BCUT2D eigenvalue weighted by Crippen LogP contribution is 2.39. The Morgan fingerprint density at radius 1 is 1.13 bits per heavy atom. The van der Waals surface area contributed by atoms with Crippen LogP contribution in [0, 0.1) is 0 Å². The normalized spacial score (nSPS) is 18.1. The number of rotatable bonds is 9. The van der Waals surface area contributed by atoms with Crippen molar-refractivity contribution in [1.82, 2.24) is 14.8 Å². The van der Waals surface area contributed by atoms with Crippen LogP contribution in [0.4, 0.5) is 0 Å². The number of likely N-dealkylation sites (N-methyl/N-ethyl adjacent to an activating group) is 1. The van der Waals surface area contributed by atoms with Crippen LogP contribution >= 0.6 is 0 Å². The second-order valence-corrected chi connectivity index (χ2v) is 7.80. The molecule has 1 aliphatic heterocycles. The van der Waals surface area contributed by atoms with Gasteiger partial charge in [0.05, 0.1) is 18.2 Å². The molecule has 0 unspecified atom stereocenters. The minimum Gasteiger partial charge on any atom is -0.507 e. The fraction of sp³-hybridized carbons (Fsp3) is 0.375. The van der Waals surface area contributed by atoms with Crippen LogP contribution in [0.15, 0.2) is 54.4 Å². The lowest BCUT2D eigenvalue weighted by molar-refractivity contribution is -0.140. The molecule has 0 bridgehead atoms. The van der Waals surface area contributed by atoms with Crippen molar-refractivity contribution in [3.05, 3.63) is 65.5 Å². The zero-order valence-corrected chi connectivity index (χ0v) is 18.2. The first-order valence-corrected chi connectivity index (χ1v) is 10.5. The summed E-state index contributed by atoms with van der Waals surface area (Å²) in [7, 11) is 3.81. The standard InChI is InChI=1S/C24H29N3O4/c1-4-5-16-31-19-8-6-18(7-9-19)22(28)20-21(17-10-12-25-13-11-17)27(15-14-26(2)3)24(30)23(20)29/h6-13,21,28H,4-5,14-16H2,1-3H3/b22-20+/t21-/m0/s1. The van der Waals surface area contributed by atoms with Crippen LogP contribution in [0.5, 0.6) is 5.75 Å². The first-order valence-electron chi connectivity index (χ1n) is 10.5. The van der Waals surface area contributed by atoms with E-state index < -0.39 is 17.7 Å². The van der Waals surface area contributed by atoms with E-state index in [9.17, 15) is 14.7 Å². The SMILES string of the molecule is CCCCOc1ccc(/C(O)=C2\C(=O)C(=O)N(CCN(C)C)[C@H]2c2ccncc2)cc1. The van der Waals surface area contributed by atoms with Gasteiger partial charge in [0, 0.05) is 31.0 Å². The van der Waals surface area contributed by atoms with Gasteiger partial charge in [0.2, 0.25) is 0 Å². The number of unbranched alkanes of at least 4 members (excludes halogenated alkanes) is 1. The summed E-state index contributed by atoms with van der Waals surface area (Å²) in [5.74, 6) is -0.777. The third-order valence-corrected chi connectivity index (χ3v) is 5.24. The van der Waals surface area contributed by atoms with E-state index in [0.29, 0.717) is 31.0 Å². The van der Waals surface area contributed by atoms with Crippen molar-refractivity contribution >= 4 is 17.4 Å². The number of benzene rings is 1. The summed E-state index contributed by atoms with van der Waals surface area (Å²) in [5.41, 5.74) is 1.29. The maximum Gasteiger partial charge on any atom is 0.295 e. The Labute approximate surface area is 183 Å². The summed E-state index contributed by atoms with van der Waals surface area (Å²) in [6, 6.07) is 9.78. The predicted molar refractivity (Wildman–Crippen MR) is 119 cm³/mol. The molecule has 1 aromatic carbocycles. The molecule has 0 aliphatic carbocycles. The van der Waals surface area contributed by atoms with Gasteiger partial charge in [0.15, 0.2) is 0 Å². The highest BCUT2D eigenvalue weighted by Gasteiger charge is 2.45. The first-order chi connectivity index (χ1) is 14.9. The average molecular weight is 424 g/mol. The number of Topliss-reactive ketones (excluding diaryl/α,β-unsaturated/α-hetero) is 1. The molecule has 31 heavy (non-hydrogen) atoms. The summed E-state index contributed by atoms with van der Waals surface area (Å²) >= 11 is 0. The minimum atomic E-state index is -0.679. The number of hydrogen-bond acceptors (Lipinski definition) is 6. The quantitative estimate of drug-likeness (QED) is 0.289. The lowest BCUT2D eigenvalue weighted by Gasteiger charge is -2.26. The molecule has 1 saturated heterocycles. The Morgan fingerprint density at radius 2 is 1.81 bits per heavy atom. The Bertz CT molecular complexity index is 939. The molecule has 164 valence electrons. The third kappa shape index (κ3) is 5.11. The van der Waals surface area contributed by atoms with E-state index in [2.05, 4.69) is 11.9 Å². The molecule has 2 heterocycles. The Balaban J connectivity index is 1.98. The molecule has 1 amide bonds. The van der Waals surface area contributed by atoms with Crippen molar-refractivity contribution in [2.24, 2.45) is 0 Å². The highest BCUT2D eigenvalue weighted by atomic mass is 16.5. The Morgan fingerprint density at radius 3 is 2.42 bits per heavy atom. The zero-order chi connectivity index (χ0) is 22.4. The molecule has 7 nitrogen and oxygen atoms in total. The highest BCUT2D eigenvalue weighted by molar-refractivity contribution is 6.46.